The number of hydrogen-bond donors (Lipinski definition) is 0. The van der Waals surface area contributed by atoms with Crippen LogP contribution in [0.4, 0.5) is 0 Å². The largest absolute Gasteiger partial charge is 0.317 e. The Morgan fingerprint density at radius 2 is 1.81 bits per heavy atom. The Kier molecular flexibility index (Phi) is 7.46. The molecule has 0 spiro atoms. The van der Waals surface area contributed by atoms with Crippen molar-refractivity contribution in [2.45, 2.75) is 52.0 Å². The molecule has 166 valence electrons. The summed E-state index contributed by atoms with van der Waals surface area (Å²) < 4.78 is 30.3. The number of amides is 1. The van der Waals surface area contributed by atoms with Crippen molar-refractivity contribution < 1.29 is 13.2 Å². The molecule has 0 radical (unpaired) electrons. The summed E-state index contributed by atoms with van der Waals surface area (Å²) in [5.74, 6) is -0.382. The fraction of sp³-hybridized carbons (Fsp3) is 0.391. The van der Waals surface area contributed by atoms with Crippen molar-refractivity contribution in [3.05, 3.63) is 58.4 Å². The van der Waals surface area contributed by atoms with Crippen LogP contribution in [-0.2, 0) is 16.6 Å². The second kappa shape index (κ2) is 9.89. The fourth-order valence-corrected chi connectivity index (χ4v) is 6.10. The Morgan fingerprint density at radius 1 is 1.10 bits per heavy atom. The summed E-state index contributed by atoms with van der Waals surface area (Å²) >= 11 is 1.48. The van der Waals surface area contributed by atoms with Gasteiger partial charge in [-0.25, -0.2) is 8.42 Å². The standard InChI is InChI=1S/C23H29N3O3S2/c1-5-8-15-25(6-2)31(28,29)19-12-10-18(11-13-19)22(27)24-23-26(7-3)20-14-9-17(4)16-21(20)30-23/h9-14,16H,5-8,15H2,1-4H3. The highest BCUT2D eigenvalue weighted by Crippen LogP contribution is 2.20. The number of sulfonamides is 1. The highest BCUT2D eigenvalue weighted by atomic mass is 32.2. The van der Waals surface area contributed by atoms with E-state index in [0.717, 1.165) is 28.6 Å². The third-order valence-electron chi connectivity index (χ3n) is 5.20. The predicted molar refractivity (Wildman–Crippen MR) is 126 cm³/mol. The van der Waals surface area contributed by atoms with Crippen molar-refractivity contribution in [1.29, 1.82) is 0 Å². The summed E-state index contributed by atoms with van der Waals surface area (Å²) in [6.45, 7) is 9.54. The van der Waals surface area contributed by atoms with Gasteiger partial charge in [-0.15, -0.1) is 0 Å². The van der Waals surface area contributed by atoms with Crippen LogP contribution in [0.25, 0.3) is 10.2 Å². The van der Waals surface area contributed by atoms with Crippen LogP contribution in [-0.4, -0.2) is 36.3 Å². The minimum Gasteiger partial charge on any atom is -0.317 e. The Balaban J connectivity index is 1.91. The second-order valence-electron chi connectivity index (χ2n) is 7.39. The van der Waals surface area contributed by atoms with E-state index in [4.69, 9.17) is 0 Å². The number of benzene rings is 2. The van der Waals surface area contributed by atoms with E-state index in [9.17, 15) is 13.2 Å². The van der Waals surface area contributed by atoms with Crippen LogP contribution in [0.15, 0.2) is 52.4 Å². The summed E-state index contributed by atoms with van der Waals surface area (Å²) in [6.07, 6.45) is 1.74. The summed E-state index contributed by atoms with van der Waals surface area (Å²) in [6, 6.07) is 12.3. The molecule has 6 nitrogen and oxygen atoms in total. The maximum Gasteiger partial charge on any atom is 0.279 e. The zero-order valence-electron chi connectivity index (χ0n) is 18.5. The zero-order valence-corrected chi connectivity index (χ0v) is 20.1. The minimum absolute atomic E-state index is 0.197. The second-order valence-corrected chi connectivity index (χ2v) is 10.3. The molecule has 0 aliphatic carbocycles. The third-order valence-corrected chi connectivity index (χ3v) is 8.23. The molecular weight excluding hydrogens is 430 g/mol. The Hall–Kier alpha value is -2.29. The molecular formula is C23H29N3O3S2. The molecule has 3 aromatic rings. The maximum absolute atomic E-state index is 12.9. The van der Waals surface area contributed by atoms with Crippen LogP contribution in [0.1, 0.15) is 49.5 Å². The molecule has 0 aliphatic rings. The van der Waals surface area contributed by atoms with Crippen LogP contribution in [0, 0.1) is 6.92 Å². The lowest BCUT2D eigenvalue weighted by molar-refractivity contribution is 0.0997. The van der Waals surface area contributed by atoms with Crippen molar-refractivity contribution in [2.75, 3.05) is 13.1 Å². The summed E-state index contributed by atoms with van der Waals surface area (Å²) in [4.78, 5) is 18.0. The van der Waals surface area contributed by atoms with Crippen LogP contribution in [0.5, 0.6) is 0 Å². The molecule has 2 aromatic carbocycles. The predicted octanol–water partition coefficient (Wildman–Crippen LogP) is 4.58. The minimum atomic E-state index is -3.57. The highest BCUT2D eigenvalue weighted by molar-refractivity contribution is 7.89. The molecule has 0 bridgehead atoms. The van der Waals surface area contributed by atoms with Gasteiger partial charge in [-0.05, 0) is 62.2 Å². The number of nitrogens with zero attached hydrogens (tertiary/aromatic N) is 3. The number of hydrogen-bond acceptors (Lipinski definition) is 4. The van der Waals surface area contributed by atoms with Gasteiger partial charge in [0.1, 0.15) is 0 Å². The number of aryl methyl sites for hydroxylation is 2. The van der Waals surface area contributed by atoms with Gasteiger partial charge in [0, 0.05) is 25.2 Å². The smallest absolute Gasteiger partial charge is 0.279 e. The van der Waals surface area contributed by atoms with Crippen molar-refractivity contribution in [3.63, 3.8) is 0 Å². The maximum atomic E-state index is 12.9. The lowest BCUT2D eigenvalue weighted by Gasteiger charge is -2.20. The van der Waals surface area contributed by atoms with Crippen molar-refractivity contribution in [3.8, 4) is 0 Å². The summed E-state index contributed by atoms with van der Waals surface area (Å²) in [5.41, 5.74) is 2.58. The number of rotatable bonds is 8. The molecule has 0 atom stereocenters. The molecule has 0 unspecified atom stereocenters. The first kappa shape index (κ1) is 23.4. The number of carbonyl (C=O) groups is 1. The van der Waals surface area contributed by atoms with Gasteiger partial charge in [0.15, 0.2) is 4.80 Å². The molecule has 0 N–H and O–H groups in total. The molecule has 8 heteroatoms. The lowest BCUT2D eigenvalue weighted by Crippen LogP contribution is -2.31. The number of unbranched alkanes of at least 4 members (excludes halogenated alkanes) is 1. The van der Waals surface area contributed by atoms with E-state index >= 15 is 0 Å². The van der Waals surface area contributed by atoms with Crippen molar-refractivity contribution >= 4 is 37.5 Å². The van der Waals surface area contributed by atoms with Crippen LogP contribution in [0.3, 0.4) is 0 Å². The fourth-order valence-electron chi connectivity index (χ4n) is 3.42. The molecule has 0 saturated carbocycles. The van der Waals surface area contributed by atoms with Gasteiger partial charge in [0.05, 0.1) is 15.1 Å². The summed E-state index contributed by atoms with van der Waals surface area (Å²) in [5, 5.41) is 0. The van der Waals surface area contributed by atoms with E-state index in [1.807, 2.05) is 44.4 Å². The Labute approximate surface area is 187 Å². The normalized spacial score (nSPS) is 12.7. The number of aromatic nitrogens is 1. The molecule has 0 aliphatic heterocycles. The van der Waals surface area contributed by atoms with Gasteiger partial charge >= 0.3 is 0 Å². The van der Waals surface area contributed by atoms with Crippen LogP contribution < -0.4 is 4.80 Å². The van der Waals surface area contributed by atoms with E-state index in [-0.39, 0.29) is 10.8 Å². The number of fused-ring (bicyclic) bond motifs is 1. The van der Waals surface area contributed by atoms with Crippen LogP contribution >= 0.6 is 11.3 Å². The van der Waals surface area contributed by atoms with E-state index in [1.165, 1.54) is 27.8 Å². The van der Waals surface area contributed by atoms with E-state index in [2.05, 4.69) is 11.1 Å². The average molecular weight is 460 g/mol. The highest BCUT2D eigenvalue weighted by Gasteiger charge is 2.22. The summed E-state index contributed by atoms with van der Waals surface area (Å²) in [7, 11) is -3.57. The Morgan fingerprint density at radius 3 is 2.42 bits per heavy atom. The third kappa shape index (κ3) is 4.97. The molecule has 3 rings (SSSR count). The Bertz CT molecular complexity index is 1240. The molecule has 0 saturated heterocycles. The molecule has 1 heterocycles. The van der Waals surface area contributed by atoms with Gasteiger partial charge in [0.25, 0.3) is 5.91 Å². The molecule has 1 aromatic heterocycles. The SMILES string of the molecule is CCCCN(CC)S(=O)(=O)c1ccc(C(=O)N=c2sc3cc(C)ccc3n2CC)cc1. The van der Waals surface area contributed by atoms with Gasteiger partial charge in [-0.1, -0.05) is 37.7 Å². The zero-order chi connectivity index (χ0) is 22.6. The molecule has 31 heavy (non-hydrogen) atoms. The quantitative estimate of drug-likeness (QED) is 0.495. The molecule has 1 amide bonds. The van der Waals surface area contributed by atoms with Crippen molar-refractivity contribution in [1.82, 2.24) is 8.87 Å². The number of carbonyl (C=O) groups excluding carboxylic acids is 1. The van der Waals surface area contributed by atoms with Crippen molar-refractivity contribution in [2.24, 2.45) is 4.99 Å². The monoisotopic (exact) mass is 459 g/mol. The van der Waals surface area contributed by atoms with Crippen LogP contribution in [0.2, 0.25) is 0 Å². The number of thiazole rings is 1. The molecule has 0 fully saturated rings. The first-order valence-electron chi connectivity index (χ1n) is 10.6. The van der Waals surface area contributed by atoms with E-state index < -0.39 is 10.0 Å². The van der Waals surface area contributed by atoms with Gasteiger partial charge in [-0.2, -0.15) is 9.30 Å². The lowest BCUT2D eigenvalue weighted by atomic mass is 10.2. The topological polar surface area (TPSA) is 71.7 Å². The average Bonchev–Trinajstić information content (AvgIpc) is 3.09. The van der Waals surface area contributed by atoms with E-state index in [1.54, 1.807) is 12.1 Å². The van der Waals surface area contributed by atoms with Gasteiger partial charge in [-0.3, -0.25) is 4.79 Å². The van der Waals surface area contributed by atoms with Gasteiger partial charge < -0.3 is 4.57 Å². The van der Waals surface area contributed by atoms with E-state index in [0.29, 0.717) is 30.0 Å². The van der Waals surface area contributed by atoms with Gasteiger partial charge in [0.2, 0.25) is 10.0 Å². The first-order chi connectivity index (χ1) is 14.8. The first-order valence-corrected chi connectivity index (χ1v) is 12.9.